The minimum Gasteiger partial charge on any atom is -0.492 e. The summed E-state index contributed by atoms with van der Waals surface area (Å²) in [4.78, 5) is 2.41. The summed E-state index contributed by atoms with van der Waals surface area (Å²) in [5.41, 5.74) is 0. The minimum absolute atomic E-state index is 0.465. The average Bonchev–Trinajstić information content (AvgIpc) is 2.41. The van der Waals surface area contributed by atoms with Crippen molar-refractivity contribution in [1.29, 1.82) is 0 Å². The lowest BCUT2D eigenvalue weighted by Gasteiger charge is -2.34. The lowest BCUT2D eigenvalue weighted by Crippen LogP contribution is -2.47. The van der Waals surface area contributed by atoms with Crippen LogP contribution in [-0.2, 0) is 4.74 Å². The van der Waals surface area contributed by atoms with E-state index in [4.69, 9.17) is 9.47 Å². The van der Waals surface area contributed by atoms with Crippen LogP contribution in [0.5, 0.6) is 5.75 Å². The molecule has 1 fully saturated rings. The van der Waals surface area contributed by atoms with E-state index in [1.807, 2.05) is 24.3 Å². The molecule has 1 saturated heterocycles. The van der Waals surface area contributed by atoms with Crippen molar-refractivity contribution in [3.63, 3.8) is 0 Å². The first-order chi connectivity index (χ1) is 8.79. The Hall–Kier alpha value is -0.100. The fraction of sp³-hybridized carbons (Fsp3) is 0.538. The van der Waals surface area contributed by atoms with Gasteiger partial charge in [0.2, 0.25) is 0 Å². The van der Waals surface area contributed by atoms with Crippen LogP contribution in [0.4, 0.5) is 0 Å². The number of hydrogen-bond donors (Lipinski definition) is 0. The molecule has 5 heteroatoms. The van der Waals surface area contributed by atoms with Crippen molar-refractivity contribution in [3.05, 3.63) is 28.7 Å². The Balaban J connectivity index is 1.75. The van der Waals surface area contributed by atoms with E-state index in [9.17, 15) is 0 Å². The summed E-state index contributed by atoms with van der Waals surface area (Å²) in [5, 5.41) is 0.950. The quantitative estimate of drug-likeness (QED) is 0.735. The Morgan fingerprint density at radius 2 is 2.11 bits per heavy atom. The largest absolute Gasteiger partial charge is 0.492 e. The lowest BCUT2D eigenvalue weighted by molar-refractivity contribution is -0.00296. The number of halogens is 2. The Bertz CT molecular complexity index is 359. The molecule has 0 N–H and O–H groups in total. The van der Waals surface area contributed by atoms with Gasteiger partial charge in [0, 0.05) is 28.9 Å². The summed E-state index contributed by atoms with van der Waals surface area (Å²) in [5.74, 6) is 0.918. The molecule has 0 aromatic heterocycles. The van der Waals surface area contributed by atoms with Crippen LogP contribution >= 0.6 is 31.9 Å². The predicted octanol–water partition coefficient (Wildman–Crippen LogP) is 2.92. The molecule has 0 bridgehead atoms. The van der Waals surface area contributed by atoms with Crippen molar-refractivity contribution in [2.45, 2.75) is 6.04 Å². The second kappa shape index (κ2) is 7.48. The average molecular weight is 379 g/mol. The van der Waals surface area contributed by atoms with Crippen LogP contribution in [0, 0.1) is 0 Å². The van der Waals surface area contributed by atoms with Crippen LogP contribution in [0.1, 0.15) is 0 Å². The van der Waals surface area contributed by atoms with E-state index in [0.29, 0.717) is 12.6 Å². The number of alkyl halides is 1. The van der Waals surface area contributed by atoms with E-state index in [2.05, 4.69) is 36.8 Å². The molecule has 1 aliphatic heterocycles. The maximum Gasteiger partial charge on any atom is 0.119 e. The van der Waals surface area contributed by atoms with E-state index in [1.54, 1.807) is 0 Å². The highest BCUT2D eigenvalue weighted by molar-refractivity contribution is 9.10. The summed E-state index contributed by atoms with van der Waals surface area (Å²) < 4.78 is 12.3. The molecule has 0 aliphatic carbocycles. The van der Waals surface area contributed by atoms with Crippen molar-refractivity contribution >= 4 is 31.9 Å². The van der Waals surface area contributed by atoms with Crippen molar-refractivity contribution in [3.8, 4) is 5.75 Å². The maximum absolute atomic E-state index is 5.74. The van der Waals surface area contributed by atoms with Crippen LogP contribution in [0.25, 0.3) is 0 Å². The van der Waals surface area contributed by atoms with Gasteiger partial charge in [0.1, 0.15) is 12.4 Å². The Morgan fingerprint density at radius 3 is 2.83 bits per heavy atom. The number of rotatable bonds is 5. The monoisotopic (exact) mass is 377 g/mol. The number of nitrogens with zero attached hydrogens (tertiary/aromatic N) is 1. The lowest BCUT2D eigenvalue weighted by atomic mass is 10.2. The van der Waals surface area contributed by atoms with Gasteiger partial charge >= 0.3 is 0 Å². The van der Waals surface area contributed by atoms with E-state index in [-0.39, 0.29) is 0 Å². The number of hydrogen-bond acceptors (Lipinski definition) is 3. The van der Waals surface area contributed by atoms with Crippen molar-refractivity contribution in [2.24, 2.45) is 0 Å². The highest BCUT2D eigenvalue weighted by Crippen LogP contribution is 2.16. The third-order valence-corrected chi connectivity index (χ3v) is 4.26. The van der Waals surface area contributed by atoms with Gasteiger partial charge in [0.25, 0.3) is 0 Å². The molecule has 0 radical (unpaired) electrons. The van der Waals surface area contributed by atoms with Gasteiger partial charge in [-0.25, -0.2) is 0 Å². The molecule has 0 saturated carbocycles. The maximum atomic E-state index is 5.74. The topological polar surface area (TPSA) is 21.7 Å². The van der Waals surface area contributed by atoms with Crippen molar-refractivity contribution in [1.82, 2.24) is 4.90 Å². The van der Waals surface area contributed by atoms with Gasteiger partial charge in [-0.3, -0.25) is 4.90 Å². The first-order valence-electron chi connectivity index (χ1n) is 6.05. The van der Waals surface area contributed by atoms with Gasteiger partial charge in [-0.1, -0.05) is 31.9 Å². The van der Waals surface area contributed by atoms with Crippen molar-refractivity contribution < 1.29 is 9.47 Å². The summed E-state index contributed by atoms with van der Waals surface area (Å²) in [6.07, 6.45) is 0. The predicted molar refractivity (Wildman–Crippen MR) is 79.6 cm³/mol. The molecule has 18 heavy (non-hydrogen) atoms. The van der Waals surface area contributed by atoms with Crippen LogP contribution in [0.15, 0.2) is 28.7 Å². The summed E-state index contributed by atoms with van der Waals surface area (Å²) in [6, 6.07) is 8.40. The standard InChI is InChI=1S/C13H17Br2NO2/c14-9-12-10-17-7-5-16(12)6-8-18-13-3-1-11(15)2-4-13/h1-4,12H,5-10H2. The van der Waals surface area contributed by atoms with E-state index in [1.165, 1.54) is 0 Å². The molecular weight excluding hydrogens is 362 g/mol. The van der Waals surface area contributed by atoms with Gasteiger partial charge in [-0.05, 0) is 24.3 Å². The highest BCUT2D eigenvalue weighted by Gasteiger charge is 2.21. The molecule has 3 nitrogen and oxygen atoms in total. The Kier molecular flexibility index (Phi) is 5.95. The van der Waals surface area contributed by atoms with E-state index >= 15 is 0 Å². The molecule has 1 unspecified atom stereocenters. The zero-order chi connectivity index (χ0) is 12.8. The van der Waals surface area contributed by atoms with Gasteiger partial charge in [0.15, 0.2) is 0 Å². The zero-order valence-corrected chi connectivity index (χ0v) is 13.3. The fourth-order valence-corrected chi connectivity index (χ4v) is 2.80. The normalized spacial score (nSPS) is 20.9. The molecule has 100 valence electrons. The smallest absolute Gasteiger partial charge is 0.119 e. The third kappa shape index (κ3) is 4.23. The molecule has 1 aromatic carbocycles. The molecule has 1 atom stereocenters. The molecular formula is C13H17Br2NO2. The summed E-state index contributed by atoms with van der Waals surface area (Å²) >= 11 is 6.94. The first-order valence-corrected chi connectivity index (χ1v) is 7.97. The molecule has 0 amide bonds. The minimum atomic E-state index is 0.465. The van der Waals surface area contributed by atoms with Crippen LogP contribution in [0.3, 0.4) is 0 Å². The van der Waals surface area contributed by atoms with Crippen LogP contribution in [-0.4, -0.2) is 49.2 Å². The number of benzene rings is 1. The van der Waals surface area contributed by atoms with Crippen molar-refractivity contribution in [2.75, 3.05) is 38.2 Å². The first kappa shape index (κ1) is 14.3. The van der Waals surface area contributed by atoms with Gasteiger partial charge < -0.3 is 9.47 Å². The Labute approximate surface area is 125 Å². The summed E-state index contributed by atoms with van der Waals surface area (Å²) in [7, 11) is 0. The molecule has 0 spiro atoms. The summed E-state index contributed by atoms with van der Waals surface area (Å²) in [6.45, 7) is 4.27. The zero-order valence-electron chi connectivity index (χ0n) is 10.1. The molecule has 2 rings (SSSR count). The second-order valence-electron chi connectivity index (χ2n) is 4.22. The number of morpholine rings is 1. The molecule has 1 aliphatic rings. The van der Waals surface area contributed by atoms with E-state index < -0.39 is 0 Å². The Morgan fingerprint density at radius 1 is 1.33 bits per heavy atom. The van der Waals surface area contributed by atoms with E-state index in [0.717, 1.165) is 41.9 Å². The SMILES string of the molecule is BrCC1COCCN1CCOc1ccc(Br)cc1. The molecule has 1 aromatic rings. The molecule has 1 heterocycles. The number of ether oxygens (including phenoxy) is 2. The van der Waals surface area contributed by atoms with Crippen LogP contribution in [0.2, 0.25) is 0 Å². The van der Waals surface area contributed by atoms with Gasteiger partial charge in [-0.15, -0.1) is 0 Å². The second-order valence-corrected chi connectivity index (χ2v) is 5.78. The fourth-order valence-electron chi connectivity index (χ4n) is 1.94. The van der Waals surface area contributed by atoms with Crippen LogP contribution < -0.4 is 4.74 Å². The highest BCUT2D eigenvalue weighted by atomic mass is 79.9. The van der Waals surface area contributed by atoms with Gasteiger partial charge in [-0.2, -0.15) is 0 Å². The third-order valence-electron chi connectivity index (χ3n) is 2.99. The van der Waals surface area contributed by atoms with Gasteiger partial charge in [0.05, 0.1) is 13.2 Å².